The summed E-state index contributed by atoms with van der Waals surface area (Å²) >= 11 is 0. The van der Waals surface area contributed by atoms with Gasteiger partial charge in [-0.2, -0.15) is 0 Å². The summed E-state index contributed by atoms with van der Waals surface area (Å²) in [6.45, 7) is 5.24. The molecule has 0 aromatic rings. The quantitative estimate of drug-likeness (QED) is 0.618. The predicted octanol–water partition coefficient (Wildman–Crippen LogP) is 0.982. The lowest BCUT2D eigenvalue weighted by atomic mass is 9.99. The lowest BCUT2D eigenvalue weighted by Gasteiger charge is -2.12. The minimum absolute atomic E-state index is 0.0995. The molecule has 0 radical (unpaired) electrons. The van der Waals surface area contributed by atoms with E-state index in [0.717, 1.165) is 6.42 Å². The maximum atomic E-state index is 10.5. The highest BCUT2D eigenvalue weighted by Crippen LogP contribution is 2.07. The van der Waals surface area contributed by atoms with Crippen molar-refractivity contribution < 1.29 is 9.90 Å². The first-order valence-electron chi connectivity index (χ1n) is 3.28. The van der Waals surface area contributed by atoms with Crippen molar-refractivity contribution >= 4 is 5.78 Å². The third-order valence-corrected chi connectivity index (χ3v) is 1.60. The van der Waals surface area contributed by atoms with Gasteiger partial charge in [0.05, 0.1) is 0 Å². The number of carbonyl (C=O) groups excluding carboxylic acids is 1. The van der Waals surface area contributed by atoms with Gasteiger partial charge in [0.15, 0.2) is 5.78 Å². The van der Waals surface area contributed by atoms with Gasteiger partial charge in [0.1, 0.15) is 6.10 Å². The number of aliphatic hydroxyl groups excluding tert-OH is 1. The topological polar surface area (TPSA) is 37.3 Å². The Hall–Kier alpha value is -0.370. The summed E-state index contributed by atoms with van der Waals surface area (Å²) < 4.78 is 0. The second-order valence-corrected chi connectivity index (χ2v) is 2.44. The SMILES string of the molecule is CC[C@@H](C)[C@H](O)C(C)=O. The van der Waals surface area contributed by atoms with Crippen LogP contribution in [0, 0.1) is 5.92 Å². The lowest BCUT2D eigenvalue weighted by molar-refractivity contribution is -0.127. The number of hydrogen-bond acceptors (Lipinski definition) is 2. The largest absolute Gasteiger partial charge is 0.385 e. The van der Waals surface area contributed by atoms with Crippen molar-refractivity contribution in [2.75, 3.05) is 0 Å². The summed E-state index contributed by atoms with van der Waals surface area (Å²) in [5.74, 6) is -0.0353. The van der Waals surface area contributed by atoms with Gasteiger partial charge in [0.25, 0.3) is 0 Å². The van der Waals surface area contributed by atoms with Gasteiger partial charge in [-0.15, -0.1) is 0 Å². The van der Waals surface area contributed by atoms with Gasteiger partial charge < -0.3 is 5.11 Å². The molecule has 2 heteroatoms. The highest BCUT2D eigenvalue weighted by molar-refractivity contribution is 5.80. The van der Waals surface area contributed by atoms with Crippen LogP contribution in [0.1, 0.15) is 27.2 Å². The summed E-state index contributed by atoms with van der Waals surface area (Å²) in [5.41, 5.74) is 0. The van der Waals surface area contributed by atoms with E-state index in [9.17, 15) is 4.79 Å². The first-order chi connectivity index (χ1) is 4.09. The average molecular weight is 130 g/mol. The van der Waals surface area contributed by atoms with Gasteiger partial charge in [0, 0.05) is 0 Å². The molecule has 0 aliphatic carbocycles. The second-order valence-electron chi connectivity index (χ2n) is 2.44. The molecule has 0 rings (SSSR count). The molecule has 2 nitrogen and oxygen atoms in total. The number of rotatable bonds is 3. The summed E-state index contributed by atoms with van der Waals surface area (Å²) in [7, 11) is 0. The molecule has 0 fully saturated rings. The molecule has 0 unspecified atom stereocenters. The van der Waals surface area contributed by atoms with E-state index >= 15 is 0 Å². The lowest BCUT2D eigenvalue weighted by Crippen LogP contribution is -2.24. The van der Waals surface area contributed by atoms with E-state index in [0.29, 0.717) is 0 Å². The summed E-state index contributed by atoms with van der Waals surface area (Å²) in [4.78, 5) is 10.5. The third-order valence-electron chi connectivity index (χ3n) is 1.60. The summed E-state index contributed by atoms with van der Waals surface area (Å²) in [5, 5.41) is 9.05. The van der Waals surface area contributed by atoms with Gasteiger partial charge in [-0.1, -0.05) is 20.3 Å². The second kappa shape index (κ2) is 3.62. The molecule has 9 heavy (non-hydrogen) atoms. The van der Waals surface area contributed by atoms with Crippen LogP contribution in [0.25, 0.3) is 0 Å². The molecular formula is C7H14O2. The molecule has 0 saturated carbocycles. The van der Waals surface area contributed by atoms with E-state index in [4.69, 9.17) is 5.11 Å². The van der Waals surface area contributed by atoms with Crippen LogP contribution < -0.4 is 0 Å². The first-order valence-corrected chi connectivity index (χ1v) is 3.28. The molecular weight excluding hydrogens is 116 g/mol. The highest BCUT2D eigenvalue weighted by Gasteiger charge is 2.15. The minimum atomic E-state index is -0.755. The normalized spacial score (nSPS) is 16.9. The Morgan fingerprint density at radius 1 is 1.67 bits per heavy atom. The molecule has 0 aromatic carbocycles. The van der Waals surface area contributed by atoms with Crippen molar-refractivity contribution in [1.29, 1.82) is 0 Å². The number of Topliss-reactive ketones (excluding diaryl/α,β-unsaturated/α-hetero) is 1. The molecule has 0 heterocycles. The summed E-state index contributed by atoms with van der Waals surface area (Å²) in [6.07, 6.45) is 0.0933. The number of hydrogen-bond donors (Lipinski definition) is 1. The molecule has 2 atom stereocenters. The Balaban J connectivity index is 3.72. The fourth-order valence-electron chi connectivity index (χ4n) is 0.624. The third kappa shape index (κ3) is 2.61. The molecule has 0 spiro atoms. The Labute approximate surface area is 55.9 Å². The van der Waals surface area contributed by atoms with Gasteiger partial charge >= 0.3 is 0 Å². The zero-order valence-electron chi connectivity index (χ0n) is 6.22. The van der Waals surface area contributed by atoms with Gasteiger partial charge in [-0.05, 0) is 12.8 Å². The van der Waals surface area contributed by atoms with E-state index in [1.165, 1.54) is 6.92 Å². The van der Waals surface area contributed by atoms with Crippen molar-refractivity contribution in [2.24, 2.45) is 5.92 Å². The molecule has 0 aliphatic rings. The van der Waals surface area contributed by atoms with Gasteiger partial charge in [-0.25, -0.2) is 0 Å². The molecule has 0 bridgehead atoms. The van der Waals surface area contributed by atoms with Crippen LogP contribution in [0.15, 0.2) is 0 Å². The molecule has 0 amide bonds. The zero-order chi connectivity index (χ0) is 7.44. The van der Waals surface area contributed by atoms with Crippen molar-refractivity contribution in [3.8, 4) is 0 Å². The van der Waals surface area contributed by atoms with Crippen molar-refractivity contribution in [3.63, 3.8) is 0 Å². The highest BCUT2D eigenvalue weighted by atomic mass is 16.3. The monoisotopic (exact) mass is 130 g/mol. The first kappa shape index (κ1) is 8.63. The van der Waals surface area contributed by atoms with Crippen LogP contribution >= 0.6 is 0 Å². The Morgan fingerprint density at radius 3 is 2.22 bits per heavy atom. The smallest absolute Gasteiger partial charge is 0.158 e. The number of carbonyl (C=O) groups is 1. The number of ketones is 1. The van der Waals surface area contributed by atoms with Gasteiger partial charge in [0.2, 0.25) is 0 Å². The molecule has 54 valence electrons. The van der Waals surface area contributed by atoms with Gasteiger partial charge in [-0.3, -0.25) is 4.79 Å². The molecule has 0 saturated heterocycles. The fraction of sp³-hybridized carbons (Fsp3) is 0.857. The maximum absolute atomic E-state index is 10.5. The fourth-order valence-corrected chi connectivity index (χ4v) is 0.624. The molecule has 0 aliphatic heterocycles. The van der Waals surface area contributed by atoms with Crippen LogP contribution in [0.2, 0.25) is 0 Å². The van der Waals surface area contributed by atoms with Crippen LogP contribution in [-0.2, 0) is 4.79 Å². The average Bonchev–Trinajstić information content (AvgIpc) is 1.84. The Morgan fingerprint density at radius 2 is 2.11 bits per heavy atom. The van der Waals surface area contributed by atoms with E-state index in [1.807, 2.05) is 13.8 Å². The summed E-state index contributed by atoms with van der Waals surface area (Å²) in [6, 6.07) is 0. The zero-order valence-corrected chi connectivity index (χ0v) is 6.22. The Bertz CT molecular complexity index is 99.1. The van der Waals surface area contributed by atoms with E-state index in [-0.39, 0.29) is 11.7 Å². The molecule has 1 N–H and O–H groups in total. The van der Waals surface area contributed by atoms with Crippen LogP contribution in [0.5, 0.6) is 0 Å². The van der Waals surface area contributed by atoms with Crippen LogP contribution in [0.3, 0.4) is 0 Å². The Kier molecular flexibility index (Phi) is 3.47. The van der Waals surface area contributed by atoms with Crippen molar-refractivity contribution in [1.82, 2.24) is 0 Å². The van der Waals surface area contributed by atoms with E-state index in [2.05, 4.69) is 0 Å². The van der Waals surface area contributed by atoms with Crippen LogP contribution in [-0.4, -0.2) is 17.0 Å². The van der Waals surface area contributed by atoms with Crippen molar-refractivity contribution in [3.05, 3.63) is 0 Å². The number of aliphatic hydroxyl groups is 1. The standard InChI is InChI=1S/C7H14O2/c1-4-5(2)7(9)6(3)8/h5,7,9H,4H2,1-3H3/t5-,7+/m1/s1. The predicted molar refractivity (Wildman–Crippen MR) is 36.1 cm³/mol. The molecule has 0 aromatic heterocycles. The van der Waals surface area contributed by atoms with Crippen molar-refractivity contribution in [2.45, 2.75) is 33.3 Å². The maximum Gasteiger partial charge on any atom is 0.158 e. The van der Waals surface area contributed by atoms with E-state index < -0.39 is 6.10 Å². The van der Waals surface area contributed by atoms with Crippen LogP contribution in [0.4, 0.5) is 0 Å². The van der Waals surface area contributed by atoms with E-state index in [1.54, 1.807) is 0 Å². The minimum Gasteiger partial charge on any atom is -0.385 e.